The summed E-state index contributed by atoms with van der Waals surface area (Å²) in [5.41, 5.74) is 1.93. The van der Waals surface area contributed by atoms with Crippen LogP contribution < -0.4 is 16.0 Å². The van der Waals surface area contributed by atoms with Gasteiger partial charge in [0.05, 0.1) is 6.04 Å². The maximum Gasteiger partial charge on any atom is 0.242 e. The highest BCUT2D eigenvalue weighted by Crippen LogP contribution is 2.17. The third-order valence-electron chi connectivity index (χ3n) is 4.87. The third-order valence-corrected chi connectivity index (χ3v) is 4.87. The molecule has 3 amide bonds. The average molecular weight is 394 g/mol. The van der Waals surface area contributed by atoms with Crippen LogP contribution in [0.15, 0.2) is 54.7 Å². The molecule has 1 aromatic heterocycles. The van der Waals surface area contributed by atoms with Crippen LogP contribution >= 0.6 is 0 Å². The van der Waals surface area contributed by atoms with Gasteiger partial charge in [0, 0.05) is 37.7 Å². The molecular formula is C22H26N4O3. The number of hydrogen-bond acceptors (Lipinski definition) is 4. The normalized spacial score (nSPS) is 16.7. The van der Waals surface area contributed by atoms with E-state index in [2.05, 4.69) is 20.9 Å². The highest BCUT2D eigenvalue weighted by molar-refractivity contribution is 5.90. The number of rotatable bonds is 9. The Balaban J connectivity index is 1.47. The number of amides is 3. The van der Waals surface area contributed by atoms with E-state index in [4.69, 9.17) is 0 Å². The van der Waals surface area contributed by atoms with Crippen molar-refractivity contribution in [2.45, 2.75) is 44.2 Å². The van der Waals surface area contributed by atoms with E-state index < -0.39 is 6.04 Å². The van der Waals surface area contributed by atoms with Gasteiger partial charge in [-0.05, 0) is 30.5 Å². The van der Waals surface area contributed by atoms with Crippen LogP contribution in [-0.2, 0) is 20.8 Å². The molecule has 2 heterocycles. The summed E-state index contributed by atoms with van der Waals surface area (Å²) in [4.78, 5) is 40.0. The van der Waals surface area contributed by atoms with Crippen molar-refractivity contribution in [3.63, 3.8) is 0 Å². The van der Waals surface area contributed by atoms with Crippen LogP contribution in [0.2, 0.25) is 0 Å². The molecule has 0 aliphatic carbocycles. The molecule has 1 aliphatic heterocycles. The van der Waals surface area contributed by atoms with Crippen molar-refractivity contribution in [3.8, 4) is 0 Å². The average Bonchev–Trinajstić information content (AvgIpc) is 3.18. The zero-order valence-corrected chi connectivity index (χ0v) is 16.3. The van der Waals surface area contributed by atoms with Gasteiger partial charge in [0.15, 0.2) is 0 Å². The lowest BCUT2D eigenvalue weighted by atomic mass is 10.0. The molecule has 1 saturated heterocycles. The summed E-state index contributed by atoms with van der Waals surface area (Å²) in [5.74, 6) is -0.351. The first-order chi connectivity index (χ1) is 14.1. The molecule has 29 heavy (non-hydrogen) atoms. The fourth-order valence-corrected chi connectivity index (χ4v) is 3.33. The molecule has 0 radical (unpaired) electrons. The van der Waals surface area contributed by atoms with Crippen molar-refractivity contribution in [1.29, 1.82) is 0 Å². The molecule has 2 unspecified atom stereocenters. The van der Waals surface area contributed by atoms with E-state index >= 15 is 0 Å². The lowest BCUT2D eigenvalue weighted by Crippen LogP contribution is -2.42. The summed E-state index contributed by atoms with van der Waals surface area (Å²) in [5, 5.41) is 8.50. The van der Waals surface area contributed by atoms with Gasteiger partial charge in [-0.15, -0.1) is 0 Å². The van der Waals surface area contributed by atoms with Gasteiger partial charge in [0.2, 0.25) is 17.7 Å². The van der Waals surface area contributed by atoms with E-state index in [0.29, 0.717) is 38.6 Å². The molecule has 3 N–H and O–H groups in total. The van der Waals surface area contributed by atoms with Crippen molar-refractivity contribution in [3.05, 3.63) is 66.0 Å². The predicted octanol–water partition coefficient (Wildman–Crippen LogP) is 1.66. The summed E-state index contributed by atoms with van der Waals surface area (Å²) in [6.07, 6.45) is 4.10. The second kappa shape index (κ2) is 10.4. The Bertz CT molecular complexity index is 826. The highest BCUT2D eigenvalue weighted by atomic mass is 16.2. The number of carbonyl (C=O) groups is 3. The van der Waals surface area contributed by atoms with E-state index in [1.165, 1.54) is 0 Å². The van der Waals surface area contributed by atoms with Crippen LogP contribution in [0.5, 0.6) is 0 Å². The van der Waals surface area contributed by atoms with Crippen molar-refractivity contribution >= 4 is 17.7 Å². The van der Waals surface area contributed by atoms with Gasteiger partial charge in [-0.3, -0.25) is 19.4 Å². The number of nitrogens with zero attached hydrogens (tertiary/aromatic N) is 1. The predicted molar refractivity (Wildman–Crippen MR) is 109 cm³/mol. The van der Waals surface area contributed by atoms with Crippen LogP contribution in [0.4, 0.5) is 0 Å². The number of carbonyl (C=O) groups excluding carboxylic acids is 3. The van der Waals surface area contributed by atoms with E-state index in [9.17, 15) is 14.4 Å². The largest absolute Gasteiger partial charge is 0.354 e. The molecule has 1 aromatic carbocycles. The SMILES string of the molecule is O=C1CCC(C(=O)NCCCC(=O)NC(Cc2ccccn2)c2ccccc2)N1. The lowest BCUT2D eigenvalue weighted by molar-refractivity contribution is -0.126. The molecule has 0 saturated carbocycles. The van der Waals surface area contributed by atoms with Gasteiger partial charge in [0.1, 0.15) is 6.04 Å². The van der Waals surface area contributed by atoms with Crippen molar-refractivity contribution in [2.75, 3.05) is 6.54 Å². The molecule has 2 atom stereocenters. The van der Waals surface area contributed by atoms with Gasteiger partial charge in [0.25, 0.3) is 0 Å². The number of hydrogen-bond donors (Lipinski definition) is 3. The lowest BCUT2D eigenvalue weighted by Gasteiger charge is -2.19. The van der Waals surface area contributed by atoms with Crippen LogP contribution in [0, 0.1) is 0 Å². The molecule has 7 nitrogen and oxygen atoms in total. The topological polar surface area (TPSA) is 100 Å². The molecule has 152 valence electrons. The first-order valence-electron chi connectivity index (χ1n) is 9.93. The standard InChI is InChI=1S/C22H26N4O3/c27-20(10-6-14-24-22(29)18-11-12-21(28)25-18)26-19(16-7-2-1-3-8-16)15-17-9-4-5-13-23-17/h1-5,7-9,13,18-19H,6,10-12,14-15H2,(H,24,29)(H,25,28)(H,26,27). The summed E-state index contributed by atoms with van der Waals surface area (Å²) in [6.45, 7) is 0.398. The maximum absolute atomic E-state index is 12.5. The summed E-state index contributed by atoms with van der Waals surface area (Å²) >= 11 is 0. The third kappa shape index (κ3) is 6.41. The number of nitrogens with one attached hydrogen (secondary N) is 3. The van der Waals surface area contributed by atoms with Gasteiger partial charge in [-0.2, -0.15) is 0 Å². The molecule has 7 heteroatoms. The molecule has 1 fully saturated rings. The summed E-state index contributed by atoms with van der Waals surface area (Å²) < 4.78 is 0. The zero-order valence-electron chi connectivity index (χ0n) is 16.3. The minimum Gasteiger partial charge on any atom is -0.354 e. The quantitative estimate of drug-likeness (QED) is 0.563. The van der Waals surface area contributed by atoms with E-state index in [1.54, 1.807) is 6.20 Å². The number of pyridine rings is 1. The summed E-state index contributed by atoms with van der Waals surface area (Å²) in [6, 6.07) is 15.0. The monoisotopic (exact) mass is 394 g/mol. The Labute approximate surface area is 170 Å². The minimum absolute atomic E-state index is 0.0711. The molecule has 0 spiro atoms. The molecular weight excluding hydrogens is 368 g/mol. The van der Waals surface area contributed by atoms with E-state index in [0.717, 1.165) is 11.3 Å². The number of benzene rings is 1. The molecule has 1 aliphatic rings. The van der Waals surface area contributed by atoms with Crippen molar-refractivity contribution in [1.82, 2.24) is 20.9 Å². The fraction of sp³-hybridized carbons (Fsp3) is 0.364. The van der Waals surface area contributed by atoms with E-state index in [-0.39, 0.29) is 23.8 Å². The Morgan fingerprint density at radius 1 is 1.14 bits per heavy atom. The molecule has 0 bridgehead atoms. The zero-order chi connectivity index (χ0) is 20.5. The maximum atomic E-state index is 12.5. The fourth-order valence-electron chi connectivity index (χ4n) is 3.33. The Morgan fingerprint density at radius 3 is 2.62 bits per heavy atom. The van der Waals surface area contributed by atoms with Crippen LogP contribution in [0.3, 0.4) is 0 Å². The molecule has 3 rings (SSSR count). The highest BCUT2D eigenvalue weighted by Gasteiger charge is 2.26. The van der Waals surface area contributed by atoms with Crippen LogP contribution in [0.1, 0.15) is 43.0 Å². The molecule has 2 aromatic rings. The Kier molecular flexibility index (Phi) is 7.33. The van der Waals surface area contributed by atoms with Gasteiger partial charge < -0.3 is 16.0 Å². The first-order valence-corrected chi connectivity index (χ1v) is 9.93. The Hall–Kier alpha value is -3.22. The van der Waals surface area contributed by atoms with Crippen LogP contribution in [0.25, 0.3) is 0 Å². The van der Waals surface area contributed by atoms with Crippen molar-refractivity contribution in [2.24, 2.45) is 0 Å². The van der Waals surface area contributed by atoms with Crippen LogP contribution in [-0.4, -0.2) is 35.3 Å². The minimum atomic E-state index is -0.447. The second-order valence-corrected chi connectivity index (χ2v) is 7.11. The number of aromatic nitrogens is 1. The second-order valence-electron chi connectivity index (χ2n) is 7.11. The Morgan fingerprint density at radius 2 is 1.93 bits per heavy atom. The smallest absolute Gasteiger partial charge is 0.242 e. The van der Waals surface area contributed by atoms with E-state index in [1.807, 2.05) is 48.5 Å². The van der Waals surface area contributed by atoms with Crippen molar-refractivity contribution < 1.29 is 14.4 Å². The van der Waals surface area contributed by atoms with Gasteiger partial charge in [-0.25, -0.2) is 0 Å². The summed E-state index contributed by atoms with van der Waals surface area (Å²) in [7, 11) is 0. The van der Waals surface area contributed by atoms with Gasteiger partial charge >= 0.3 is 0 Å². The first kappa shape index (κ1) is 20.5. The van der Waals surface area contributed by atoms with Gasteiger partial charge in [-0.1, -0.05) is 36.4 Å².